The van der Waals surface area contributed by atoms with E-state index in [1.165, 1.54) is 0 Å². The number of nitrogens with one attached hydrogen (secondary N) is 1. The van der Waals surface area contributed by atoms with Gasteiger partial charge >= 0.3 is 0 Å². The van der Waals surface area contributed by atoms with Crippen LogP contribution in [0.25, 0.3) is 0 Å². The van der Waals surface area contributed by atoms with Crippen molar-refractivity contribution < 1.29 is 18.6 Å². The highest BCUT2D eigenvalue weighted by molar-refractivity contribution is 9.10. The van der Waals surface area contributed by atoms with Crippen molar-refractivity contribution >= 4 is 21.6 Å². The molecule has 0 heterocycles. The fourth-order valence-electron chi connectivity index (χ4n) is 1.87. The molecule has 21 heavy (non-hydrogen) atoms. The van der Waals surface area contributed by atoms with Crippen LogP contribution in [0.15, 0.2) is 40.9 Å². The van der Waals surface area contributed by atoms with Gasteiger partial charge in [0, 0.05) is 17.8 Å². The summed E-state index contributed by atoms with van der Waals surface area (Å²) in [5, 5.41) is 12.9. The van der Waals surface area contributed by atoms with E-state index in [-0.39, 0.29) is 12.1 Å². The van der Waals surface area contributed by atoms with Crippen LogP contribution in [0.3, 0.4) is 0 Å². The minimum absolute atomic E-state index is 0.0547. The number of ether oxygens (including phenoxy) is 1. The highest BCUT2D eigenvalue weighted by atomic mass is 79.9. The van der Waals surface area contributed by atoms with E-state index in [2.05, 4.69) is 21.2 Å². The number of hydrogen-bond donors (Lipinski definition) is 2. The van der Waals surface area contributed by atoms with Crippen LogP contribution in [0.1, 0.15) is 11.7 Å². The van der Waals surface area contributed by atoms with E-state index >= 15 is 0 Å². The van der Waals surface area contributed by atoms with Gasteiger partial charge in [0.25, 0.3) is 0 Å². The fourth-order valence-corrected chi connectivity index (χ4v) is 2.41. The Hall–Kier alpha value is -1.66. The molecular formula is C15H14BrF2NO2. The van der Waals surface area contributed by atoms with E-state index in [4.69, 9.17) is 4.74 Å². The third-order valence-electron chi connectivity index (χ3n) is 2.97. The maximum atomic E-state index is 13.5. The van der Waals surface area contributed by atoms with E-state index < -0.39 is 17.7 Å². The zero-order valence-electron chi connectivity index (χ0n) is 11.2. The lowest BCUT2D eigenvalue weighted by molar-refractivity contribution is 0.186. The average molecular weight is 358 g/mol. The van der Waals surface area contributed by atoms with Gasteiger partial charge in [-0.3, -0.25) is 0 Å². The van der Waals surface area contributed by atoms with Gasteiger partial charge in [-0.15, -0.1) is 0 Å². The number of aliphatic hydroxyl groups is 1. The Morgan fingerprint density at radius 2 is 2.00 bits per heavy atom. The van der Waals surface area contributed by atoms with Gasteiger partial charge < -0.3 is 15.2 Å². The molecule has 2 aromatic carbocycles. The SMILES string of the molecule is COc1ccc(NCC(O)c2cc(F)ccc2F)cc1Br. The molecule has 0 fully saturated rings. The van der Waals surface area contributed by atoms with Crippen molar-refractivity contribution in [3.63, 3.8) is 0 Å². The maximum absolute atomic E-state index is 13.5. The highest BCUT2D eigenvalue weighted by Gasteiger charge is 2.14. The Balaban J connectivity index is 2.05. The Morgan fingerprint density at radius 1 is 1.24 bits per heavy atom. The quantitative estimate of drug-likeness (QED) is 0.853. The highest BCUT2D eigenvalue weighted by Crippen LogP contribution is 2.28. The first kappa shape index (κ1) is 15.7. The van der Waals surface area contributed by atoms with Crippen LogP contribution in [-0.4, -0.2) is 18.8 Å². The summed E-state index contributed by atoms with van der Waals surface area (Å²) in [6, 6.07) is 8.29. The lowest BCUT2D eigenvalue weighted by Gasteiger charge is -2.15. The van der Waals surface area contributed by atoms with Gasteiger partial charge in [-0.25, -0.2) is 8.78 Å². The van der Waals surface area contributed by atoms with E-state index in [9.17, 15) is 13.9 Å². The van der Waals surface area contributed by atoms with Gasteiger partial charge in [0.1, 0.15) is 17.4 Å². The number of aliphatic hydroxyl groups excluding tert-OH is 1. The van der Waals surface area contributed by atoms with E-state index in [1.54, 1.807) is 25.3 Å². The van der Waals surface area contributed by atoms with Crippen molar-refractivity contribution in [1.29, 1.82) is 0 Å². The summed E-state index contributed by atoms with van der Waals surface area (Å²) < 4.78 is 32.5. The van der Waals surface area contributed by atoms with Crippen molar-refractivity contribution in [3.05, 3.63) is 58.1 Å². The first-order chi connectivity index (χ1) is 10.0. The molecule has 0 aliphatic carbocycles. The number of anilines is 1. The normalized spacial score (nSPS) is 12.0. The summed E-state index contributed by atoms with van der Waals surface area (Å²) in [5.74, 6) is -0.545. The fraction of sp³-hybridized carbons (Fsp3) is 0.200. The molecule has 0 aromatic heterocycles. The Labute approximate surface area is 129 Å². The standard InChI is InChI=1S/C15H14BrF2NO2/c1-21-15-5-3-10(7-12(15)16)19-8-14(20)11-6-9(17)2-4-13(11)18/h2-7,14,19-20H,8H2,1H3. The zero-order valence-corrected chi connectivity index (χ0v) is 12.8. The van der Waals surface area contributed by atoms with Crippen LogP contribution in [0.4, 0.5) is 14.5 Å². The smallest absolute Gasteiger partial charge is 0.133 e. The second-order valence-corrected chi connectivity index (χ2v) is 5.27. The second kappa shape index (κ2) is 6.87. The molecule has 6 heteroatoms. The Kier molecular flexibility index (Phi) is 5.14. The average Bonchev–Trinajstić information content (AvgIpc) is 2.47. The summed E-state index contributed by atoms with van der Waals surface area (Å²) in [5.41, 5.74) is 0.647. The van der Waals surface area contributed by atoms with Crippen LogP contribution in [0, 0.1) is 11.6 Å². The summed E-state index contributed by atoms with van der Waals surface area (Å²) in [6.45, 7) is 0.0547. The largest absolute Gasteiger partial charge is 0.496 e. The van der Waals surface area contributed by atoms with Gasteiger partial charge in [0.05, 0.1) is 17.7 Å². The third kappa shape index (κ3) is 3.92. The minimum atomic E-state index is -1.15. The van der Waals surface area contributed by atoms with Crippen molar-refractivity contribution in [2.75, 3.05) is 19.0 Å². The Morgan fingerprint density at radius 3 is 2.67 bits per heavy atom. The molecule has 0 spiro atoms. The molecule has 3 nitrogen and oxygen atoms in total. The summed E-state index contributed by atoms with van der Waals surface area (Å²) in [4.78, 5) is 0. The molecule has 0 saturated heterocycles. The molecule has 112 valence electrons. The van der Waals surface area contributed by atoms with Crippen LogP contribution in [0.5, 0.6) is 5.75 Å². The maximum Gasteiger partial charge on any atom is 0.133 e. The molecule has 0 radical (unpaired) electrons. The molecule has 2 aromatic rings. The molecule has 2 N–H and O–H groups in total. The van der Waals surface area contributed by atoms with Crippen molar-refractivity contribution in [3.8, 4) is 5.75 Å². The van der Waals surface area contributed by atoms with Crippen LogP contribution in [0.2, 0.25) is 0 Å². The van der Waals surface area contributed by atoms with E-state index in [0.29, 0.717) is 5.75 Å². The predicted octanol–water partition coefficient (Wildman–Crippen LogP) is 3.88. The first-order valence-electron chi connectivity index (χ1n) is 6.21. The third-order valence-corrected chi connectivity index (χ3v) is 3.59. The monoisotopic (exact) mass is 357 g/mol. The molecule has 1 unspecified atom stereocenters. The summed E-state index contributed by atoms with van der Waals surface area (Å²) >= 11 is 3.34. The van der Waals surface area contributed by atoms with Gasteiger partial charge in [-0.2, -0.15) is 0 Å². The number of rotatable bonds is 5. The Bertz CT molecular complexity index is 637. The zero-order chi connectivity index (χ0) is 15.4. The van der Waals surface area contributed by atoms with Crippen molar-refractivity contribution in [2.24, 2.45) is 0 Å². The molecule has 0 aliphatic rings. The molecule has 1 atom stereocenters. The first-order valence-corrected chi connectivity index (χ1v) is 7.01. The molecular weight excluding hydrogens is 344 g/mol. The second-order valence-electron chi connectivity index (χ2n) is 4.41. The lowest BCUT2D eigenvalue weighted by atomic mass is 10.1. The number of benzene rings is 2. The molecule has 2 rings (SSSR count). The van der Waals surface area contributed by atoms with Crippen molar-refractivity contribution in [1.82, 2.24) is 0 Å². The molecule has 0 amide bonds. The van der Waals surface area contributed by atoms with Gasteiger partial charge in [-0.05, 0) is 52.3 Å². The van der Waals surface area contributed by atoms with E-state index in [1.807, 2.05) is 0 Å². The summed E-state index contributed by atoms with van der Waals surface area (Å²) in [6.07, 6.45) is -1.15. The van der Waals surface area contributed by atoms with Gasteiger partial charge in [0.15, 0.2) is 0 Å². The van der Waals surface area contributed by atoms with Crippen LogP contribution in [-0.2, 0) is 0 Å². The molecule has 0 saturated carbocycles. The summed E-state index contributed by atoms with van der Waals surface area (Å²) in [7, 11) is 1.56. The number of methoxy groups -OCH3 is 1. The number of halogens is 3. The van der Waals surface area contributed by atoms with E-state index in [0.717, 1.165) is 28.4 Å². The lowest BCUT2D eigenvalue weighted by Crippen LogP contribution is -2.13. The number of hydrogen-bond acceptors (Lipinski definition) is 3. The van der Waals surface area contributed by atoms with Gasteiger partial charge in [-0.1, -0.05) is 0 Å². The van der Waals surface area contributed by atoms with Crippen LogP contribution < -0.4 is 10.1 Å². The molecule has 0 bridgehead atoms. The predicted molar refractivity (Wildman–Crippen MR) is 80.5 cm³/mol. The van der Waals surface area contributed by atoms with Gasteiger partial charge in [0.2, 0.25) is 0 Å². The topological polar surface area (TPSA) is 41.5 Å². The molecule has 0 aliphatic heterocycles. The minimum Gasteiger partial charge on any atom is -0.496 e. The van der Waals surface area contributed by atoms with Crippen molar-refractivity contribution in [2.45, 2.75) is 6.10 Å². The van der Waals surface area contributed by atoms with Crippen LogP contribution >= 0.6 is 15.9 Å².